The maximum absolute atomic E-state index is 5.28. The van der Waals surface area contributed by atoms with E-state index in [2.05, 4.69) is 0 Å². The second-order valence-electron chi connectivity index (χ2n) is 1.48. The van der Waals surface area contributed by atoms with Crippen molar-refractivity contribution in [2.45, 2.75) is 18.2 Å². The van der Waals surface area contributed by atoms with E-state index in [4.69, 9.17) is 9.55 Å². The zero-order valence-corrected chi connectivity index (χ0v) is 6.94. The van der Waals surface area contributed by atoms with Gasteiger partial charge in [-0.1, -0.05) is 0 Å². The van der Waals surface area contributed by atoms with Crippen LogP contribution < -0.4 is 5.73 Å². The Morgan fingerprint density at radius 3 is 2.75 bits per heavy atom. The fourth-order valence-corrected chi connectivity index (χ4v) is 1.41. The Morgan fingerprint density at radius 1 is 1.50 bits per heavy atom. The van der Waals surface area contributed by atoms with Crippen LogP contribution in [0.15, 0.2) is 0 Å². The SMILES string of the molecule is CO[Se]CCCCN. The van der Waals surface area contributed by atoms with Crippen LogP contribution in [0.4, 0.5) is 0 Å². The Kier molecular flexibility index (Phi) is 7.85. The van der Waals surface area contributed by atoms with E-state index >= 15 is 0 Å². The fraction of sp³-hybridized carbons (Fsp3) is 1.00. The maximum atomic E-state index is 5.28. The van der Waals surface area contributed by atoms with E-state index < -0.39 is 0 Å². The van der Waals surface area contributed by atoms with Crippen LogP contribution in [0.5, 0.6) is 0 Å². The molecule has 0 aromatic carbocycles. The van der Waals surface area contributed by atoms with E-state index in [0.717, 1.165) is 13.0 Å². The van der Waals surface area contributed by atoms with Gasteiger partial charge < -0.3 is 0 Å². The van der Waals surface area contributed by atoms with Gasteiger partial charge in [0.05, 0.1) is 0 Å². The second-order valence-corrected chi connectivity index (χ2v) is 3.53. The standard InChI is InChI=1S/C5H13NOSe/c1-7-8-5-3-2-4-6/h2-6H2,1H3. The van der Waals surface area contributed by atoms with Crippen molar-refractivity contribution < 1.29 is 3.82 Å². The van der Waals surface area contributed by atoms with Gasteiger partial charge in [-0.2, -0.15) is 0 Å². The van der Waals surface area contributed by atoms with Gasteiger partial charge in [-0.3, -0.25) is 0 Å². The first-order valence-corrected chi connectivity index (χ1v) is 4.68. The normalized spacial score (nSPS) is 9.75. The molecule has 0 amide bonds. The molecule has 0 aliphatic carbocycles. The molecule has 0 saturated carbocycles. The molecule has 0 aromatic rings. The summed E-state index contributed by atoms with van der Waals surface area (Å²) in [7, 11) is 1.75. The molecule has 0 aliphatic heterocycles. The van der Waals surface area contributed by atoms with Crippen LogP contribution in [0.3, 0.4) is 0 Å². The number of hydrogen-bond donors (Lipinski definition) is 1. The minimum atomic E-state index is 0.412. The van der Waals surface area contributed by atoms with Crippen LogP contribution in [0.1, 0.15) is 12.8 Å². The molecular formula is C5H13NOSe. The molecule has 0 aliphatic rings. The summed E-state index contributed by atoms with van der Waals surface area (Å²) in [6.45, 7) is 0.819. The molecule has 0 bridgehead atoms. The third kappa shape index (κ3) is 6.44. The van der Waals surface area contributed by atoms with Gasteiger partial charge in [-0.05, 0) is 0 Å². The Hall–Kier alpha value is 0.439. The van der Waals surface area contributed by atoms with Crippen LogP contribution in [-0.2, 0) is 3.82 Å². The van der Waals surface area contributed by atoms with Gasteiger partial charge in [0.2, 0.25) is 0 Å². The molecule has 0 saturated heterocycles. The summed E-state index contributed by atoms with van der Waals surface area (Å²) in [4.78, 5) is 0. The van der Waals surface area contributed by atoms with Crippen molar-refractivity contribution in [3.63, 3.8) is 0 Å². The van der Waals surface area contributed by atoms with Crippen LogP contribution in [0, 0.1) is 0 Å². The molecule has 3 heteroatoms. The fourth-order valence-electron chi connectivity index (χ4n) is 0.389. The quantitative estimate of drug-likeness (QED) is 0.493. The van der Waals surface area contributed by atoms with Crippen molar-refractivity contribution in [1.29, 1.82) is 0 Å². The molecule has 8 heavy (non-hydrogen) atoms. The molecule has 2 N–H and O–H groups in total. The van der Waals surface area contributed by atoms with Crippen LogP contribution in [0.2, 0.25) is 5.32 Å². The van der Waals surface area contributed by atoms with Crippen molar-refractivity contribution in [3.05, 3.63) is 0 Å². The van der Waals surface area contributed by atoms with E-state index in [1.807, 2.05) is 0 Å². The number of nitrogens with two attached hydrogens (primary N) is 1. The molecule has 0 spiro atoms. The van der Waals surface area contributed by atoms with E-state index in [1.54, 1.807) is 7.11 Å². The summed E-state index contributed by atoms with van der Waals surface area (Å²) in [5, 5.41) is 1.21. The predicted molar refractivity (Wildman–Crippen MR) is 35.9 cm³/mol. The van der Waals surface area contributed by atoms with Gasteiger partial charge in [-0.25, -0.2) is 0 Å². The predicted octanol–water partition coefficient (Wildman–Crippen LogP) is 0.409. The second kappa shape index (κ2) is 7.44. The van der Waals surface area contributed by atoms with Gasteiger partial charge in [-0.15, -0.1) is 0 Å². The van der Waals surface area contributed by atoms with Crippen molar-refractivity contribution in [3.8, 4) is 0 Å². The molecule has 0 radical (unpaired) electrons. The summed E-state index contributed by atoms with van der Waals surface area (Å²) in [6, 6.07) is 0. The molecule has 0 heterocycles. The Balaban J connectivity index is 2.53. The van der Waals surface area contributed by atoms with E-state index in [0.29, 0.717) is 15.3 Å². The van der Waals surface area contributed by atoms with Crippen LogP contribution in [-0.4, -0.2) is 28.9 Å². The third-order valence-electron chi connectivity index (χ3n) is 0.800. The van der Waals surface area contributed by atoms with Gasteiger partial charge in [0.1, 0.15) is 0 Å². The molecule has 0 rings (SSSR count). The van der Waals surface area contributed by atoms with Crippen molar-refractivity contribution in [1.82, 2.24) is 0 Å². The topological polar surface area (TPSA) is 35.2 Å². The molecular weight excluding hydrogens is 169 g/mol. The molecule has 50 valence electrons. The summed E-state index contributed by atoms with van der Waals surface area (Å²) < 4.78 is 4.91. The zero-order valence-electron chi connectivity index (χ0n) is 5.22. The van der Waals surface area contributed by atoms with E-state index in [9.17, 15) is 0 Å². The van der Waals surface area contributed by atoms with Crippen LogP contribution >= 0.6 is 0 Å². The first-order valence-electron chi connectivity index (χ1n) is 2.77. The van der Waals surface area contributed by atoms with Gasteiger partial charge in [0.15, 0.2) is 0 Å². The van der Waals surface area contributed by atoms with Crippen molar-refractivity contribution in [2.24, 2.45) is 5.73 Å². The van der Waals surface area contributed by atoms with Gasteiger partial charge in [0, 0.05) is 0 Å². The zero-order chi connectivity index (χ0) is 6.24. The van der Waals surface area contributed by atoms with Gasteiger partial charge >= 0.3 is 56.7 Å². The number of hydrogen-bond acceptors (Lipinski definition) is 2. The first-order chi connectivity index (χ1) is 3.91. The third-order valence-corrected chi connectivity index (χ3v) is 2.25. The van der Waals surface area contributed by atoms with Gasteiger partial charge in [0.25, 0.3) is 0 Å². The average Bonchev–Trinajstić information content (AvgIpc) is 1.81. The Morgan fingerprint density at radius 2 is 2.25 bits per heavy atom. The molecule has 0 atom stereocenters. The minimum absolute atomic E-state index is 0.412. The monoisotopic (exact) mass is 183 g/mol. The Labute approximate surface area is 57.3 Å². The van der Waals surface area contributed by atoms with E-state index in [-0.39, 0.29) is 0 Å². The van der Waals surface area contributed by atoms with E-state index in [1.165, 1.54) is 11.7 Å². The number of rotatable bonds is 5. The van der Waals surface area contributed by atoms with Crippen molar-refractivity contribution in [2.75, 3.05) is 13.7 Å². The molecule has 0 unspecified atom stereocenters. The molecule has 0 fully saturated rings. The summed E-state index contributed by atoms with van der Waals surface area (Å²) in [5.41, 5.74) is 5.28. The summed E-state index contributed by atoms with van der Waals surface area (Å²) >= 11 is 0.412. The summed E-state index contributed by atoms with van der Waals surface area (Å²) in [5.74, 6) is 0. The molecule has 0 aromatic heterocycles. The van der Waals surface area contributed by atoms with Crippen molar-refractivity contribution >= 4 is 15.3 Å². The Bertz CT molecular complexity index is 37.4. The number of unbranched alkanes of at least 4 members (excludes halogenated alkanes) is 1. The average molecular weight is 182 g/mol. The van der Waals surface area contributed by atoms with Crippen LogP contribution in [0.25, 0.3) is 0 Å². The molecule has 2 nitrogen and oxygen atoms in total. The summed E-state index contributed by atoms with van der Waals surface area (Å²) in [6.07, 6.45) is 2.37. The first kappa shape index (κ1) is 8.44.